The van der Waals surface area contributed by atoms with Gasteiger partial charge in [0.05, 0.1) is 19.3 Å². The van der Waals surface area contributed by atoms with Gasteiger partial charge in [-0.15, -0.1) is 6.58 Å². The number of amides is 1. The minimum Gasteiger partial charge on any atom is -0.493 e. The number of hydrogen-bond donors (Lipinski definition) is 0. The van der Waals surface area contributed by atoms with Crippen LogP contribution in [-0.2, 0) is 30.2 Å². The first-order chi connectivity index (χ1) is 16.1. The molecule has 0 unspecified atom stereocenters. The molecule has 0 spiro atoms. The van der Waals surface area contributed by atoms with Crippen molar-refractivity contribution in [2.75, 3.05) is 47.6 Å². The molecular formula is C25H40N2O6. The molecule has 33 heavy (non-hydrogen) atoms. The summed E-state index contributed by atoms with van der Waals surface area (Å²) in [5.74, 6) is 0.589. The van der Waals surface area contributed by atoms with Gasteiger partial charge in [-0.2, -0.15) is 0 Å². The van der Waals surface area contributed by atoms with Crippen molar-refractivity contribution in [3.63, 3.8) is 0 Å². The molecule has 0 aromatic carbocycles. The number of aromatic nitrogens is 1. The second kappa shape index (κ2) is 15.0. The van der Waals surface area contributed by atoms with Crippen LogP contribution < -0.4 is 4.74 Å². The number of carbonyl (C=O) groups excluding carboxylic acids is 1. The van der Waals surface area contributed by atoms with Gasteiger partial charge < -0.3 is 28.6 Å². The van der Waals surface area contributed by atoms with E-state index in [4.69, 9.17) is 23.7 Å². The van der Waals surface area contributed by atoms with Gasteiger partial charge in [0.1, 0.15) is 19.3 Å². The molecule has 186 valence electrons. The van der Waals surface area contributed by atoms with Crippen LogP contribution in [0, 0.1) is 0 Å². The lowest BCUT2D eigenvalue weighted by Crippen LogP contribution is -2.77. The average molecular weight is 465 g/mol. The van der Waals surface area contributed by atoms with E-state index in [1.165, 1.54) is 7.11 Å². The third-order valence-corrected chi connectivity index (χ3v) is 5.71. The van der Waals surface area contributed by atoms with Crippen molar-refractivity contribution in [2.45, 2.75) is 63.5 Å². The normalized spacial score (nSPS) is 20.0. The maximum atomic E-state index is 13.2. The van der Waals surface area contributed by atoms with Gasteiger partial charge in [0, 0.05) is 45.2 Å². The maximum absolute atomic E-state index is 13.2. The lowest BCUT2D eigenvalue weighted by atomic mass is 9.78. The summed E-state index contributed by atoms with van der Waals surface area (Å²) >= 11 is 0. The summed E-state index contributed by atoms with van der Waals surface area (Å²) in [4.78, 5) is 19.4. The zero-order chi connectivity index (χ0) is 23.9. The van der Waals surface area contributed by atoms with Crippen molar-refractivity contribution >= 4 is 5.91 Å². The third-order valence-electron chi connectivity index (χ3n) is 5.71. The lowest BCUT2D eigenvalue weighted by molar-refractivity contribution is -0.239. The second-order valence-electron chi connectivity index (χ2n) is 8.22. The van der Waals surface area contributed by atoms with Gasteiger partial charge >= 0.3 is 0 Å². The molecule has 2 atom stereocenters. The van der Waals surface area contributed by atoms with Crippen molar-refractivity contribution in [3.05, 3.63) is 36.7 Å². The average Bonchev–Trinajstić information content (AvgIpc) is 2.83. The summed E-state index contributed by atoms with van der Waals surface area (Å²) < 4.78 is 28.2. The Hall–Kier alpha value is -2.00. The van der Waals surface area contributed by atoms with E-state index in [0.29, 0.717) is 26.2 Å². The van der Waals surface area contributed by atoms with Crippen molar-refractivity contribution < 1.29 is 28.5 Å². The molecule has 0 aliphatic carbocycles. The Kier molecular flexibility index (Phi) is 12.4. The zero-order valence-electron chi connectivity index (χ0n) is 20.4. The standard InChI is InChI=1S/C25H40N2O6/c1-5-7-9-11-14-31-18-23-25(33-20-30-4,24(28)27(23)19-29-3)17-21-16-22(12-13-26-21)32-15-10-8-6-2/h5,12-13,16,23H,1,6-11,14-15,17-20H2,2-4H3/t23-,25+/m0/s1. The number of β-lactam (4-membered cyclic amide) rings is 1. The quantitative estimate of drug-likeness (QED) is 0.134. The fourth-order valence-electron chi connectivity index (χ4n) is 3.93. The Morgan fingerprint density at radius 3 is 2.73 bits per heavy atom. The van der Waals surface area contributed by atoms with Crippen LogP contribution in [0.2, 0.25) is 0 Å². The highest BCUT2D eigenvalue weighted by molar-refractivity contribution is 5.93. The first kappa shape index (κ1) is 27.2. The number of methoxy groups -OCH3 is 2. The van der Waals surface area contributed by atoms with E-state index in [1.807, 2.05) is 18.2 Å². The summed E-state index contributed by atoms with van der Waals surface area (Å²) in [7, 11) is 3.11. The molecule has 1 aromatic rings. The Morgan fingerprint density at radius 1 is 1.18 bits per heavy atom. The maximum Gasteiger partial charge on any atom is 0.259 e. The van der Waals surface area contributed by atoms with Crippen molar-refractivity contribution in [2.24, 2.45) is 0 Å². The summed E-state index contributed by atoms with van der Waals surface area (Å²) in [5.41, 5.74) is -0.399. The van der Waals surface area contributed by atoms with E-state index in [1.54, 1.807) is 18.2 Å². The van der Waals surface area contributed by atoms with Crippen molar-refractivity contribution in [3.8, 4) is 5.75 Å². The van der Waals surface area contributed by atoms with Crippen LogP contribution in [0.4, 0.5) is 0 Å². The molecule has 0 radical (unpaired) electrons. The van der Waals surface area contributed by atoms with E-state index in [2.05, 4.69) is 18.5 Å². The number of carbonyl (C=O) groups is 1. The Morgan fingerprint density at radius 2 is 2.00 bits per heavy atom. The molecule has 2 heterocycles. The van der Waals surface area contributed by atoms with Gasteiger partial charge in [0.2, 0.25) is 0 Å². The fraction of sp³-hybridized carbons (Fsp3) is 0.680. The van der Waals surface area contributed by atoms with E-state index < -0.39 is 5.60 Å². The molecule has 1 saturated heterocycles. The smallest absolute Gasteiger partial charge is 0.259 e. The van der Waals surface area contributed by atoms with Crippen LogP contribution in [0.15, 0.2) is 31.0 Å². The van der Waals surface area contributed by atoms with Gasteiger partial charge in [-0.05, 0) is 31.7 Å². The van der Waals surface area contributed by atoms with Gasteiger partial charge in [-0.3, -0.25) is 9.78 Å². The number of pyridine rings is 1. The molecule has 1 fully saturated rings. The summed E-state index contributed by atoms with van der Waals surface area (Å²) in [6, 6.07) is 3.40. The fourth-order valence-corrected chi connectivity index (χ4v) is 3.93. The van der Waals surface area contributed by atoms with Gasteiger partial charge in [0.15, 0.2) is 5.60 Å². The van der Waals surface area contributed by atoms with Gasteiger partial charge in [-0.1, -0.05) is 25.8 Å². The summed E-state index contributed by atoms with van der Waals surface area (Å²) in [6.45, 7) is 7.69. The first-order valence-corrected chi connectivity index (χ1v) is 11.8. The molecule has 8 nitrogen and oxygen atoms in total. The number of ether oxygens (including phenoxy) is 5. The van der Waals surface area contributed by atoms with Crippen molar-refractivity contribution in [1.29, 1.82) is 0 Å². The molecule has 8 heteroatoms. The summed E-state index contributed by atoms with van der Waals surface area (Å²) in [5, 5.41) is 0. The molecule has 0 bridgehead atoms. The molecule has 0 saturated carbocycles. The van der Waals surface area contributed by atoms with Crippen molar-refractivity contribution in [1.82, 2.24) is 9.88 Å². The van der Waals surface area contributed by atoms with Crippen LogP contribution in [0.3, 0.4) is 0 Å². The number of hydrogen-bond acceptors (Lipinski definition) is 7. The topological polar surface area (TPSA) is 79.4 Å². The highest BCUT2D eigenvalue weighted by atomic mass is 16.7. The van der Waals surface area contributed by atoms with Gasteiger partial charge in [0.25, 0.3) is 5.91 Å². The molecule has 1 aromatic heterocycles. The van der Waals surface area contributed by atoms with Crippen LogP contribution in [0.25, 0.3) is 0 Å². The number of unbranched alkanes of at least 4 members (excludes halogenated alkanes) is 4. The molecule has 1 aliphatic heterocycles. The number of likely N-dealkylation sites (tertiary alicyclic amines) is 1. The van der Waals surface area contributed by atoms with Crippen LogP contribution in [-0.4, -0.2) is 75.0 Å². The van der Waals surface area contributed by atoms with Crippen LogP contribution in [0.1, 0.15) is 51.1 Å². The van der Waals surface area contributed by atoms with Crippen LogP contribution in [0.5, 0.6) is 5.75 Å². The highest BCUT2D eigenvalue weighted by Crippen LogP contribution is 2.38. The zero-order valence-corrected chi connectivity index (χ0v) is 20.4. The monoisotopic (exact) mass is 464 g/mol. The lowest BCUT2D eigenvalue weighted by Gasteiger charge is -2.54. The minimum absolute atomic E-state index is 0.00436. The van der Waals surface area contributed by atoms with E-state index in [0.717, 1.165) is 50.0 Å². The first-order valence-electron chi connectivity index (χ1n) is 11.8. The molecular weight excluding hydrogens is 424 g/mol. The van der Waals surface area contributed by atoms with E-state index >= 15 is 0 Å². The molecule has 1 amide bonds. The molecule has 2 rings (SSSR count). The Balaban J connectivity index is 2.11. The number of nitrogens with zero attached hydrogens (tertiary/aromatic N) is 2. The second-order valence-corrected chi connectivity index (χ2v) is 8.22. The highest BCUT2D eigenvalue weighted by Gasteiger charge is 2.62. The van der Waals surface area contributed by atoms with E-state index in [-0.39, 0.29) is 25.5 Å². The predicted octanol–water partition coefficient (Wildman–Crippen LogP) is 3.74. The molecule has 0 N–H and O–H groups in total. The van der Waals surface area contributed by atoms with Crippen LogP contribution >= 0.6 is 0 Å². The predicted molar refractivity (Wildman–Crippen MR) is 126 cm³/mol. The minimum atomic E-state index is -1.12. The largest absolute Gasteiger partial charge is 0.493 e. The Bertz CT molecular complexity index is 716. The SMILES string of the molecule is C=CCCCCOC[C@@H]1N(COC)C(=O)[C@]1(Cc1cc(OCCCCC)ccn1)OCOC. The summed E-state index contributed by atoms with van der Waals surface area (Å²) in [6.07, 6.45) is 10.1. The van der Waals surface area contributed by atoms with Gasteiger partial charge in [-0.25, -0.2) is 0 Å². The number of rotatable bonds is 19. The van der Waals surface area contributed by atoms with E-state index in [9.17, 15) is 4.79 Å². The third kappa shape index (κ3) is 7.78. The number of allylic oxidation sites excluding steroid dienone is 1. The Labute approximate surface area is 198 Å². The molecule has 1 aliphatic rings.